The Morgan fingerprint density at radius 2 is 1.76 bits per heavy atom. The van der Waals surface area contributed by atoms with Crippen molar-refractivity contribution in [1.29, 1.82) is 0 Å². The maximum atomic E-state index is 13.5. The molecular weight excluding hydrogens is 450 g/mol. The first-order valence-electron chi connectivity index (χ1n) is 12.7. The van der Waals surface area contributed by atoms with E-state index in [2.05, 4.69) is 19.2 Å². The van der Waals surface area contributed by atoms with Crippen molar-refractivity contribution in [2.24, 2.45) is 11.8 Å². The molecule has 4 rings (SSSR count). The van der Waals surface area contributed by atoms with Gasteiger partial charge in [-0.15, -0.1) is 0 Å². The number of hydrogen-bond donors (Lipinski definition) is 1. The minimum absolute atomic E-state index is 0.0381. The maximum Gasteiger partial charge on any atom is 0.256 e. The second-order valence-corrected chi connectivity index (χ2v) is 11.9. The van der Waals surface area contributed by atoms with E-state index in [1.807, 2.05) is 11.5 Å². The van der Waals surface area contributed by atoms with Crippen LogP contribution in [0.1, 0.15) is 76.1 Å². The molecule has 3 atom stereocenters. The largest absolute Gasteiger partial charge is 0.349 e. The van der Waals surface area contributed by atoms with Crippen molar-refractivity contribution in [3.05, 3.63) is 40.2 Å². The van der Waals surface area contributed by atoms with Gasteiger partial charge in [0.1, 0.15) is 5.56 Å². The van der Waals surface area contributed by atoms with Crippen LogP contribution in [0.5, 0.6) is 0 Å². The Morgan fingerprint density at radius 3 is 2.44 bits per heavy atom. The number of nitrogens with zero attached hydrogens (tertiary/aromatic N) is 2. The standard InChI is InChI=1S/C26H37N3O4S/c1-4-28-17-22(26(31)27-23-11-9-10-18(2)19(23)3)25(30)21-16-20(12-13-24(21)28)34(32,33)29-14-7-5-6-8-15-29/h12-13,16-19,23H,4-11,14-15H2,1-3H3,(H,27,31)/t18-,19+,23+/m0/s1. The molecule has 0 unspecified atom stereocenters. The normalized spacial score (nSPS) is 24.6. The molecule has 1 N–H and O–H groups in total. The molecule has 7 nitrogen and oxygen atoms in total. The maximum absolute atomic E-state index is 13.5. The van der Waals surface area contributed by atoms with Crippen LogP contribution in [0.25, 0.3) is 10.9 Å². The summed E-state index contributed by atoms with van der Waals surface area (Å²) in [4.78, 5) is 26.8. The van der Waals surface area contributed by atoms with Gasteiger partial charge < -0.3 is 9.88 Å². The van der Waals surface area contributed by atoms with Crippen molar-refractivity contribution < 1.29 is 13.2 Å². The summed E-state index contributed by atoms with van der Waals surface area (Å²) >= 11 is 0. The molecule has 2 aromatic rings. The smallest absolute Gasteiger partial charge is 0.256 e. The van der Waals surface area contributed by atoms with Gasteiger partial charge in [0.2, 0.25) is 15.5 Å². The predicted molar refractivity (Wildman–Crippen MR) is 135 cm³/mol. The molecule has 0 bridgehead atoms. The van der Waals surface area contributed by atoms with Gasteiger partial charge in [0.15, 0.2) is 0 Å². The van der Waals surface area contributed by atoms with Crippen LogP contribution in [0.4, 0.5) is 0 Å². The molecule has 1 saturated carbocycles. The molecule has 1 aromatic heterocycles. The van der Waals surface area contributed by atoms with Crippen LogP contribution in [0, 0.1) is 11.8 Å². The highest BCUT2D eigenvalue weighted by atomic mass is 32.2. The molecule has 1 amide bonds. The monoisotopic (exact) mass is 487 g/mol. The van der Waals surface area contributed by atoms with Crippen molar-refractivity contribution in [2.75, 3.05) is 13.1 Å². The third-order valence-electron chi connectivity index (χ3n) is 7.86. The highest BCUT2D eigenvalue weighted by Crippen LogP contribution is 2.30. The Labute approximate surface area is 202 Å². The molecule has 1 aliphatic heterocycles. The van der Waals surface area contributed by atoms with Gasteiger partial charge >= 0.3 is 0 Å². The van der Waals surface area contributed by atoms with Crippen LogP contribution < -0.4 is 10.7 Å². The number of amides is 1. The lowest BCUT2D eigenvalue weighted by Crippen LogP contribution is -2.45. The van der Waals surface area contributed by atoms with E-state index in [0.29, 0.717) is 37.0 Å². The van der Waals surface area contributed by atoms with E-state index in [-0.39, 0.29) is 27.8 Å². The number of hydrogen-bond acceptors (Lipinski definition) is 4. The lowest BCUT2D eigenvalue weighted by molar-refractivity contribution is 0.0889. The van der Waals surface area contributed by atoms with Gasteiger partial charge in [-0.25, -0.2) is 8.42 Å². The van der Waals surface area contributed by atoms with E-state index < -0.39 is 15.5 Å². The summed E-state index contributed by atoms with van der Waals surface area (Å²) in [6.07, 6.45) is 8.48. The van der Waals surface area contributed by atoms with E-state index in [4.69, 9.17) is 0 Å². The minimum atomic E-state index is -3.70. The van der Waals surface area contributed by atoms with Crippen molar-refractivity contribution in [3.8, 4) is 0 Å². The predicted octanol–water partition coefficient (Wildman–Crippen LogP) is 4.14. The van der Waals surface area contributed by atoms with Crippen LogP contribution in [0.2, 0.25) is 0 Å². The first kappa shape index (κ1) is 24.9. The van der Waals surface area contributed by atoms with E-state index in [1.54, 1.807) is 18.3 Å². The zero-order chi connectivity index (χ0) is 24.5. The molecule has 0 radical (unpaired) electrons. The summed E-state index contributed by atoms with van der Waals surface area (Å²) in [5.74, 6) is 0.493. The number of sulfonamides is 1. The van der Waals surface area contributed by atoms with Crippen molar-refractivity contribution in [1.82, 2.24) is 14.2 Å². The molecule has 2 fully saturated rings. The molecule has 1 saturated heterocycles. The summed E-state index contributed by atoms with van der Waals surface area (Å²) in [7, 11) is -3.70. The van der Waals surface area contributed by atoms with Crippen molar-refractivity contribution in [2.45, 2.75) is 83.2 Å². The Bertz CT molecular complexity index is 1210. The quantitative estimate of drug-likeness (QED) is 0.687. The van der Waals surface area contributed by atoms with Gasteiger partial charge in [0.25, 0.3) is 5.91 Å². The highest BCUT2D eigenvalue weighted by Gasteiger charge is 2.30. The van der Waals surface area contributed by atoms with Gasteiger partial charge in [-0.1, -0.05) is 39.5 Å². The molecule has 1 aliphatic carbocycles. The Morgan fingerprint density at radius 1 is 1.06 bits per heavy atom. The molecule has 186 valence electrons. The minimum Gasteiger partial charge on any atom is -0.349 e. The van der Waals surface area contributed by atoms with Crippen LogP contribution in [0.3, 0.4) is 0 Å². The highest BCUT2D eigenvalue weighted by molar-refractivity contribution is 7.89. The van der Waals surface area contributed by atoms with Crippen LogP contribution in [-0.4, -0.2) is 42.3 Å². The Balaban J connectivity index is 1.72. The molecule has 8 heteroatoms. The van der Waals surface area contributed by atoms with Gasteiger partial charge in [-0.2, -0.15) is 4.31 Å². The zero-order valence-corrected chi connectivity index (χ0v) is 21.4. The lowest BCUT2D eigenvalue weighted by atomic mass is 9.78. The van der Waals surface area contributed by atoms with Crippen molar-refractivity contribution >= 4 is 26.8 Å². The van der Waals surface area contributed by atoms with Crippen LogP contribution in [-0.2, 0) is 16.6 Å². The molecule has 2 aliphatic rings. The first-order valence-corrected chi connectivity index (χ1v) is 14.2. The number of fused-ring (bicyclic) bond motifs is 1. The molecule has 2 heterocycles. The lowest BCUT2D eigenvalue weighted by Gasteiger charge is -2.34. The average Bonchev–Trinajstić information content (AvgIpc) is 3.12. The first-order chi connectivity index (χ1) is 16.2. The van der Waals surface area contributed by atoms with Crippen LogP contribution >= 0.6 is 0 Å². The number of benzene rings is 1. The van der Waals surface area contributed by atoms with Crippen molar-refractivity contribution in [3.63, 3.8) is 0 Å². The number of carbonyl (C=O) groups is 1. The summed E-state index contributed by atoms with van der Waals surface area (Å²) in [6, 6.07) is 4.78. The van der Waals surface area contributed by atoms with E-state index in [0.717, 1.165) is 44.9 Å². The fraction of sp³-hybridized carbons (Fsp3) is 0.615. The summed E-state index contributed by atoms with van der Waals surface area (Å²) in [5.41, 5.74) is 0.296. The number of carbonyl (C=O) groups excluding carboxylic acids is 1. The summed E-state index contributed by atoms with van der Waals surface area (Å²) in [6.45, 7) is 7.86. The number of nitrogens with one attached hydrogen (secondary N) is 1. The molecule has 34 heavy (non-hydrogen) atoms. The number of aromatic nitrogens is 1. The van der Waals surface area contributed by atoms with E-state index >= 15 is 0 Å². The number of pyridine rings is 1. The van der Waals surface area contributed by atoms with Gasteiger partial charge in [0.05, 0.1) is 10.4 Å². The summed E-state index contributed by atoms with van der Waals surface area (Å²) < 4.78 is 30.0. The van der Waals surface area contributed by atoms with Crippen LogP contribution in [0.15, 0.2) is 34.1 Å². The fourth-order valence-electron chi connectivity index (χ4n) is 5.42. The number of rotatable bonds is 5. The SMILES string of the molecule is CCn1cc(C(=O)N[C@@H]2CCC[C@H](C)[C@H]2C)c(=O)c2cc(S(=O)(=O)N3CCCCCC3)ccc21. The zero-order valence-electron chi connectivity index (χ0n) is 20.5. The van der Waals surface area contributed by atoms with Gasteiger partial charge in [0, 0.05) is 37.3 Å². The second-order valence-electron chi connectivity index (χ2n) is 10.0. The van der Waals surface area contributed by atoms with E-state index in [9.17, 15) is 18.0 Å². The van der Waals surface area contributed by atoms with Gasteiger partial charge in [-0.05, 0) is 56.2 Å². The van der Waals surface area contributed by atoms with Gasteiger partial charge in [-0.3, -0.25) is 9.59 Å². The fourth-order valence-corrected chi connectivity index (χ4v) is 6.97. The summed E-state index contributed by atoms with van der Waals surface area (Å²) in [5, 5.41) is 3.37. The second kappa shape index (κ2) is 10.2. The molecule has 1 aromatic carbocycles. The van der Waals surface area contributed by atoms with E-state index in [1.165, 1.54) is 10.4 Å². The number of aryl methyl sites for hydroxylation is 1. The third kappa shape index (κ3) is 4.80. The Hall–Kier alpha value is -2.19. The third-order valence-corrected chi connectivity index (χ3v) is 9.76. The molecule has 0 spiro atoms. The topological polar surface area (TPSA) is 88.5 Å². The average molecular weight is 488 g/mol. The Kier molecular flexibility index (Phi) is 7.48. The molecular formula is C26H37N3O4S.